The van der Waals surface area contributed by atoms with Crippen LogP contribution in [0.25, 0.3) is 16.3 Å². The Labute approximate surface area is 198 Å². The van der Waals surface area contributed by atoms with E-state index < -0.39 is 5.82 Å². The molecule has 0 radical (unpaired) electrons. The molecule has 4 aromatic rings. The maximum Gasteiger partial charge on any atom is 0.276 e. The molecule has 1 saturated carbocycles. The van der Waals surface area contributed by atoms with Crippen molar-refractivity contribution in [3.05, 3.63) is 64.6 Å². The number of benzene rings is 1. The number of aryl methyl sites for hydroxylation is 2. The zero-order valence-corrected chi connectivity index (χ0v) is 19.4. The number of hydrogen-bond acceptors (Lipinski definition) is 6. The van der Waals surface area contributed by atoms with Crippen molar-refractivity contribution in [2.24, 2.45) is 11.8 Å². The summed E-state index contributed by atoms with van der Waals surface area (Å²) in [4.78, 5) is 37.9. The Balaban J connectivity index is 1.24. The van der Waals surface area contributed by atoms with Crippen molar-refractivity contribution < 1.29 is 18.4 Å². The van der Waals surface area contributed by atoms with Gasteiger partial charge in [0.15, 0.2) is 22.3 Å². The fourth-order valence-electron chi connectivity index (χ4n) is 5.05. The fraction of sp³-hybridized carbons (Fsp3) is 0.333. The molecule has 2 fully saturated rings. The second kappa shape index (κ2) is 7.76. The van der Waals surface area contributed by atoms with Crippen LogP contribution in [0.1, 0.15) is 39.0 Å². The summed E-state index contributed by atoms with van der Waals surface area (Å²) >= 11 is 1.47. The number of imidazole rings is 1. The number of hydrogen-bond donors (Lipinski definition) is 1. The number of carbonyl (C=O) groups is 2. The third-order valence-electron chi connectivity index (χ3n) is 6.71. The average Bonchev–Trinajstić information content (AvgIpc) is 3.14. The van der Waals surface area contributed by atoms with Gasteiger partial charge in [-0.3, -0.25) is 14.0 Å². The van der Waals surface area contributed by atoms with E-state index >= 15 is 0 Å². The largest absolute Gasteiger partial charge is 0.440 e. The van der Waals surface area contributed by atoms with E-state index in [9.17, 15) is 14.0 Å². The number of carbonyl (C=O) groups excluding carboxylic acids is 2. The van der Waals surface area contributed by atoms with Gasteiger partial charge in [-0.1, -0.05) is 12.1 Å². The Morgan fingerprint density at radius 1 is 1.29 bits per heavy atom. The molecule has 0 unspecified atom stereocenters. The minimum atomic E-state index is -0.414. The second-order valence-corrected chi connectivity index (χ2v) is 9.79. The van der Waals surface area contributed by atoms with Gasteiger partial charge in [-0.25, -0.2) is 14.4 Å². The van der Waals surface area contributed by atoms with E-state index in [-0.39, 0.29) is 29.3 Å². The summed E-state index contributed by atoms with van der Waals surface area (Å²) in [5.74, 6) is 0.496. The topological polar surface area (TPSA) is 92.7 Å². The van der Waals surface area contributed by atoms with E-state index in [0.29, 0.717) is 47.8 Å². The summed E-state index contributed by atoms with van der Waals surface area (Å²) in [7, 11) is 0. The lowest BCUT2D eigenvalue weighted by atomic mass is 10.1. The van der Waals surface area contributed by atoms with Gasteiger partial charge in [0.2, 0.25) is 0 Å². The molecule has 1 N–H and O–H groups in total. The SMILES string of the molecule is Cc1nc(C(=O)N2C[C@@H]3C[C@@H]3[C@H]2CNC(=O)c2c(C)nc3sccn23)c(-c2cccc(F)c2)o1. The Bertz CT molecular complexity index is 1440. The van der Waals surface area contributed by atoms with Gasteiger partial charge < -0.3 is 14.6 Å². The normalized spacial score (nSPS) is 21.1. The second-order valence-electron chi connectivity index (χ2n) is 8.92. The first kappa shape index (κ1) is 21.0. The van der Waals surface area contributed by atoms with Crippen molar-refractivity contribution >= 4 is 28.1 Å². The maximum absolute atomic E-state index is 13.8. The molecule has 8 nitrogen and oxygen atoms in total. The molecular weight excluding hydrogens is 457 g/mol. The highest BCUT2D eigenvalue weighted by Crippen LogP contribution is 2.50. The first-order valence-electron chi connectivity index (χ1n) is 11.2. The van der Waals surface area contributed by atoms with Gasteiger partial charge in [-0.15, -0.1) is 11.3 Å². The zero-order chi connectivity index (χ0) is 23.6. The highest BCUT2D eigenvalue weighted by Gasteiger charge is 2.54. The number of nitrogens with one attached hydrogen (secondary N) is 1. The minimum absolute atomic E-state index is 0.134. The Hall–Kier alpha value is -3.53. The van der Waals surface area contributed by atoms with Gasteiger partial charge in [0.1, 0.15) is 11.5 Å². The molecule has 2 aliphatic rings. The molecule has 0 spiro atoms. The van der Waals surface area contributed by atoms with Crippen LogP contribution < -0.4 is 5.32 Å². The van der Waals surface area contributed by atoms with Gasteiger partial charge in [0, 0.05) is 37.2 Å². The van der Waals surface area contributed by atoms with Crippen LogP contribution in [0.3, 0.4) is 0 Å². The molecule has 3 aromatic heterocycles. The summed E-state index contributed by atoms with van der Waals surface area (Å²) < 4.78 is 21.3. The van der Waals surface area contributed by atoms with Crippen LogP contribution in [0.15, 0.2) is 40.3 Å². The number of fused-ring (bicyclic) bond motifs is 2. The maximum atomic E-state index is 13.8. The minimum Gasteiger partial charge on any atom is -0.440 e. The van der Waals surface area contributed by atoms with Crippen molar-refractivity contribution in [3.8, 4) is 11.3 Å². The summed E-state index contributed by atoms with van der Waals surface area (Å²) in [6, 6.07) is 5.80. The van der Waals surface area contributed by atoms with E-state index in [0.717, 1.165) is 11.4 Å². The molecule has 0 bridgehead atoms. The van der Waals surface area contributed by atoms with Crippen molar-refractivity contribution in [3.63, 3.8) is 0 Å². The third-order valence-corrected chi connectivity index (χ3v) is 7.47. The average molecular weight is 480 g/mol. The number of aromatic nitrogens is 3. The molecule has 1 aliphatic carbocycles. The first-order chi connectivity index (χ1) is 16.4. The predicted octanol–water partition coefficient (Wildman–Crippen LogP) is 3.70. The van der Waals surface area contributed by atoms with Gasteiger partial charge >= 0.3 is 0 Å². The molecule has 3 atom stereocenters. The smallest absolute Gasteiger partial charge is 0.276 e. The van der Waals surface area contributed by atoms with E-state index in [1.54, 1.807) is 28.4 Å². The molecule has 174 valence electrons. The van der Waals surface area contributed by atoms with Gasteiger partial charge in [-0.05, 0) is 37.3 Å². The van der Waals surface area contributed by atoms with Crippen molar-refractivity contribution in [1.29, 1.82) is 0 Å². The summed E-state index contributed by atoms with van der Waals surface area (Å²) in [5, 5.41) is 4.91. The quantitative estimate of drug-likeness (QED) is 0.471. The number of rotatable bonds is 5. The van der Waals surface area contributed by atoms with E-state index in [4.69, 9.17) is 4.42 Å². The van der Waals surface area contributed by atoms with Gasteiger partial charge in [0.05, 0.1) is 11.7 Å². The molecular formula is C24H22FN5O3S. The molecule has 10 heteroatoms. The molecule has 4 heterocycles. The monoisotopic (exact) mass is 479 g/mol. The number of oxazole rings is 1. The molecule has 34 heavy (non-hydrogen) atoms. The fourth-order valence-corrected chi connectivity index (χ4v) is 5.81. The van der Waals surface area contributed by atoms with Crippen LogP contribution in [0, 0.1) is 31.5 Å². The van der Waals surface area contributed by atoms with Gasteiger partial charge in [-0.2, -0.15) is 0 Å². The van der Waals surface area contributed by atoms with Crippen LogP contribution in [0.5, 0.6) is 0 Å². The molecule has 2 amide bonds. The zero-order valence-electron chi connectivity index (χ0n) is 18.6. The number of piperidine rings is 1. The molecule has 1 saturated heterocycles. The number of nitrogens with zero attached hydrogens (tertiary/aromatic N) is 4. The van der Waals surface area contributed by atoms with E-state index in [1.165, 1.54) is 23.5 Å². The summed E-state index contributed by atoms with van der Waals surface area (Å²) in [5.41, 5.74) is 1.83. The van der Waals surface area contributed by atoms with Crippen molar-refractivity contribution in [2.45, 2.75) is 26.3 Å². The molecule has 1 aliphatic heterocycles. The lowest BCUT2D eigenvalue weighted by molar-refractivity contribution is 0.0689. The standard InChI is InChI=1S/C24H22FN5O3S/c1-12-20(29-6-7-34-24(29)27-12)22(31)26-10-18-17-9-15(17)11-30(18)23(32)19-21(33-13(2)28-19)14-4-3-5-16(25)8-14/h3-8,15,17-18H,9-11H2,1-2H3,(H,26,31)/t15-,17-,18+/m0/s1. The van der Waals surface area contributed by atoms with Gasteiger partial charge in [0.25, 0.3) is 11.8 Å². The molecule has 1 aromatic carbocycles. The number of halogens is 1. The van der Waals surface area contributed by atoms with Crippen LogP contribution in [-0.4, -0.2) is 50.2 Å². The summed E-state index contributed by atoms with van der Waals surface area (Å²) in [6.45, 7) is 4.43. The number of likely N-dealkylation sites (tertiary alicyclic amines) is 1. The highest BCUT2D eigenvalue weighted by atomic mass is 32.1. The van der Waals surface area contributed by atoms with Crippen molar-refractivity contribution in [2.75, 3.05) is 13.1 Å². The third kappa shape index (κ3) is 3.40. The van der Waals surface area contributed by atoms with E-state index in [2.05, 4.69) is 15.3 Å². The first-order valence-corrected chi connectivity index (χ1v) is 12.0. The number of amides is 2. The lowest BCUT2D eigenvalue weighted by Gasteiger charge is -2.27. The predicted molar refractivity (Wildman–Crippen MR) is 123 cm³/mol. The van der Waals surface area contributed by atoms with Crippen LogP contribution >= 0.6 is 11.3 Å². The lowest BCUT2D eigenvalue weighted by Crippen LogP contribution is -2.46. The highest BCUT2D eigenvalue weighted by molar-refractivity contribution is 7.15. The number of thiazole rings is 1. The Kier molecular flexibility index (Phi) is 4.80. The van der Waals surface area contributed by atoms with Crippen LogP contribution in [-0.2, 0) is 0 Å². The van der Waals surface area contributed by atoms with E-state index in [1.807, 2.05) is 18.5 Å². The Morgan fingerprint density at radius 3 is 2.97 bits per heavy atom. The van der Waals surface area contributed by atoms with Crippen LogP contribution in [0.4, 0.5) is 4.39 Å². The molecule has 6 rings (SSSR count). The van der Waals surface area contributed by atoms with Crippen molar-refractivity contribution in [1.82, 2.24) is 24.6 Å². The summed E-state index contributed by atoms with van der Waals surface area (Å²) in [6.07, 6.45) is 2.87. The Morgan fingerprint density at radius 2 is 2.15 bits per heavy atom. The van der Waals surface area contributed by atoms with Crippen LogP contribution in [0.2, 0.25) is 0 Å².